The number of carbonyl (C=O) groups is 1. The molecule has 2 N–H and O–H groups in total. The average molecular weight is 344 g/mol. The number of amides is 1. The molecule has 0 spiro atoms. The van der Waals surface area contributed by atoms with Gasteiger partial charge in [-0.15, -0.1) is 0 Å². The molecule has 1 aromatic heterocycles. The Hall–Kier alpha value is -1.79. The molecule has 2 atom stereocenters. The van der Waals surface area contributed by atoms with Gasteiger partial charge >= 0.3 is 6.18 Å². The lowest BCUT2D eigenvalue weighted by molar-refractivity contribution is -0.186. The van der Waals surface area contributed by atoms with Crippen molar-refractivity contribution in [2.24, 2.45) is 11.8 Å². The van der Waals surface area contributed by atoms with E-state index in [9.17, 15) is 22.8 Å². The summed E-state index contributed by atoms with van der Waals surface area (Å²) in [5.74, 6) is -1.85. The maximum absolute atomic E-state index is 12.8. The van der Waals surface area contributed by atoms with Crippen molar-refractivity contribution in [2.75, 3.05) is 0 Å². The molecule has 4 nitrogen and oxygen atoms in total. The lowest BCUT2D eigenvalue weighted by atomic mass is 9.79. The van der Waals surface area contributed by atoms with Crippen molar-refractivity contribution in [3.63, 3.8) is 0 Å². The van der Waals surface area contributed by atoms with Gasteiger partial charge in [-0.1, -0.05) is 6.42 Å². The Morgan fingerprint density at radius 1 is 1.33 bits per heavy atom. The minimum atomic E-state index is -4.18. The molecule has 1 fully saturated rings. The van der Waals surface area contributed by atoms with Gasteiger partial charge < -0.3 is 10.3 Å². The lowest BCUT2D eigenvalue weighted by Gasteiger charge is -2.30. The number of pyridine rings is 1. The summed E-state index contributed by atoms with van der Waals surface area (Å²) in [7, 11) is 0. The number of H-pyrrole nitrogens is 1. The lowest BCUT2D eigenvalue weighted by Crippen LogP contribution is -2.33. The number of hydrogen-bond acceptors (Lipinski definition) is 2. The van der Waals surface area contributed by atoms with E-state index in [-0.39, 0.29) is 43.2 Å². The third kappa shape index (κ3) is 4.85. The summed E-state index contributed by atoms with van der Waals surface area (Å²) in [6.45, 7) is 3.66. The van der Waals surface area contributed by atoms with Gasteiger partial charge in [0.05, 0.1) is 5.92 Å². The molecule has 1 aromatic rings. The highest BCUT2D eigenvalue weighted by atomic mass is 19.4. The van der Waals surface area contributed by atoms with Gasteiger partial charge in [0, 0.05) is 24.2 Å². The Kier molecular flexibility index (Phi) is 5.72. The van der Waals surface area contributed by atoms with E-state index in [0.29, 0.717) is 18.4 Å². The topological polar surface area (TPSA) is 62.0 Å². The summed E-state index contributed by atoms with van der Waals surface area (Å²) in [6, 6.07) is 1.82. The average Bonchev–Trinajstić information content (AvgIpc) is 2.45. The molecule has 1 aliphatic rings. The molecular formula is C17H23F3N2O2. The second kappa shape index (κ2) is 7.40. The van der Waals surface area contributed by atoms with Crippen LogP contribution in [-0.4, -0.2) is 17.1 Å². The van der Waals surface area contributed by atoms with Gasteiger partial charge in [0.15, 0.2) is 0 Å². The summed E-state index contributed by atoms with van der Waals surface area (Å²) in [6.07, 6.45) is -2.79. The molecule has 0 radical (unpaired) electrons. The molecule has 24 heavy (non-hydrogen) atoms. The monoisotopic (exact) mass is 344 g/mol. The first-order valence-electron chi connectivity index (χ1n) is 8.19. The summed E-state index contributed by atoms with van der Waals surface area (Å²) in [4.78, 5) is 26.6. The molecule has 1 heterocycles. The van der Waals surface area contributed by atoms with Crippen molar-refractivity contribution >= 4 is 5.91 Å². The Bertz CT molecular complexity index is 652. The van der Waals surface area contributed by atoms with Crippen LogP contribution in [0.1, 0.15) is 48.9 Å². The van der Waals surface area contributed by atoms with Gasteiger partial charge in [0.1, 0.15) is 0 Å². The second-order valence-corrected chi connectivity index (χ2v) is 6.70. The quantitative estimate of drug-likeness (QED) is 0.880. The Morgan fingerprint density at radius 2 is 2.04 bits per heavy atom. The van der Waals surface area contributed by atoms with E-state index in [1.807, 2.05) is 6.07 Å². The SMILES string of the molecule is Cc1cc(C)c(CNC(=O)C[C@H]2CCC[C@H](C(F)(F)F)C2)c(=O)[nH]1. The number of nitrogens with one attached hydrogen (secondary N) is 2. The van der Waals surface area contributed by atoms with Crippen LogP contribution >= 0.6 is 0 Å². The minimum absolute atomic E-state index is 0.0149. The first-order chi connectivity index (χ1) is 11.2. The fourth-order valence-electron chi connectivity index (χ4n) is 3.40. The van der Waals surface area contributed by atoms with Crippen molar-refractivity contribution < 1.29 is 18.0 Å². The molecule has 0 aromatic carbocycles. The van der Waals surface area contributed by atoms with Crippen LogP contribution in [-0.2, 0) is 11.3 Å². The van der Waals surface area contributed by atoms with Crippen molar-refractivity contribution in [1.29, 1.82) is 0 Å². The predicted molar refractivity (Wildman–Crippen MR) is 84.5 cm³/mol. The van der Waals surface area contributed by atoms with Gasteiger partial charge in [-0.2, -0.15) is 13.2 Å². The smallest absolute Gasteiger partial charge is 0.352 e. The number of carbonyl (C=O) groups excluding carboxylic acids is 1. The number of aromatic amines is 1. The van der Waals surface area contributed by atoms with Crippen molar-refractivity contribution in [3.05, 3.63) is 33.2 Å². The molecule has 0 aliphatic heterocycles. The van der Waals surface area contributed by atoms with E-state index < -0.39 is 12.1 Å². The molecule has 0 saturated heterocycles. The highest BCUT2D eigenvalue weighted by Gasteiger charge is 2.42. The molecule has 2 rings (SSSR count). The van der Waals surface area contributed by atoms with E-state index in [0.717, 1.165) is 11.3 Å². The maximum atomic E-state index is 12.8. The molecule has 0 bridgehead atoms. The first kappa shape index (κ1) is 18.5. The number of alkyl halides is 3. The van der Waals surface area contributed by atoms with Crippen LogP contribution in [0.3, 0.4) is 0 Å². The van der Waals surface area contributed by atoms with Crippen molar-refractivity contribution in [1.82, 2.24) is 10.3 Å². The zero-order valence-corrected chi connectivity index (χ0v) is 13.9. The Balaban J connectivity index is 1.89. The van der Waals surface area contributed by atoms with Gasteiger partial charge in [0.25, 0.3) is 5.56 Å². The number of aromatic nitrogens is 1. The molecule has 134 valence electrons. The van der Waals surface area contributed by atoms with E-state index >= 15 is 0 Å². The van der Waals surface area contributed by atoms with Crippen LogP contribution in [0.25, 0.3) is 0 Å². The number of hydrogen-bond donors (Lipinski definition) is 2. The molecule has 1 saturated carbocycles. The summed E-state index contributed by atoms with van der Waals surface area (Å²) >= 11 is 0. The Labute approximate surface area is 138 Å². The van der Waals surface area contributed by atoms with Crippen LogP contribution in [0.2, 0.25) is 0 Å². The highest BCUT2D eigenvalue weighted by Crippen LogP contribution is 2.40. The number of aryl methyl sites for hydroxylation is 2. The van der Waals surface area contributed by atoms with Crippen molar-refractivity contribution in [2.45, 2.75) is 58.7 Å². The molecule has 7 heteroatoms. The van der Waals surface area contributed by atoms with Gasteiger partial charge in [-0.25, -0.2) is 0 Å². The molecule has 1 amide bonds. The van der Waals surface area contributed by atoms with Crippen LogP contribution in [0, 0.1) is 25.7 Å². The van der Waals surface area contributed by atoms with E-state index in [1.165, 1.54) is 0 Å². The number of rotatable bonds is 4. The summed E-state index contributed by atoms with van der Waals surface area (Å²) in [5, 5.41) is 2.66. The third-order valence-corrected chi connectivity index (χ3v) is 4.68. The normalized spacial score (nSPS) is 21.5. The molecule has 1 aliphatic carbocycles. The largest absolute Gasteiger partial charge is 0.391 e. The van der Waals surface area contributed by atoms with Gasteiger partial charge in [-0.3, -0.25) is 9.59 Å². The number of halogens is 3. The zero-order chi connectivity index (χ0) is 17.9. The molecule has 0 unspecified atom stereocenters. The fourth-order valence-corrected chi connectivity index (χ4v) is 3.40. The standard InChI is InChI=1S/C17H23F3N2O2/c1-10-6-11(2)22-16(24)14(10)9-21-15(23)8-12-4-3-5-13(7-12)17(18,19)20/h6,12-13H,3-5,7-9H2,1-2H3,(H,21,23)(H,22,24)/t12-,13-/m0/s1. The first-order valence-corrected chi connectivity index (χ1v) is 8.19. The zero-order valence-electron chi connectivity index (χ0n) is 13.9. The van der Waals surface area contributed by atoms with Crippen molar-refractivity contribution in [3.8, 4) is 0 Å². The van der Waals surface area contributed by atoms with E-state index in [1.54, 1.807) is 13.8 Å². The van der Waals surface area contributed by atoms with E-state index in [2.05, 4.69) is 10.3 Å². The van der Waals surface area contributed by atoms with Crippen LogP contribution < -0.4 is 10.9 Å². The Morgan fingerprint density at radius 3 is 2.67 bits per heavy atom. The van der Waals surface area contributed by atoms with Crippen LogP contribution in [0.4, 0.5) is 13.2 Å². The van der Waals surface area contributed by atoms with Crippen LogP contribution in [0.15, 0.2) is 10.9 Å². The summed E-state index contributed by atoms with van der Waals surface area (Å²) < 4.78 is 38.4. The summed E-state index contributed by atoms with van der Waals surface area (Å²) in [5.41, 5.74) is 1.76. The fraction of sp³-hybridized carbons (Fsp3) is 0.647. The minimum Gasteiger partial charge on any atom is -0.352 e. The molecular weight excluding hydrogens is 321 g/mol. The predicted octanol–water partition coefficient (Wildman–Crippen LogP) is 3.37. The van der Waals surface area contributed by atoms with Gasteiger partial charge in [0.2, 0.25) is 5.91 Å². The van der Waals surface area contributed by atoms with E-state index in [4.69, 9.17) is 0 Å². The second-order valence-electron chi connectivity index (χ2n) is 6.70. The third-order valence-electron chi connectivity index (χ3n) is 4.68. The van der Waals surface area contributed by atoms with Gasteiger partial charge in [-0.05, 0) is 50.7 Å². The van der Waals surface area contributed by atoms with Crippen LogP contribution in [0.5, 0.6) is 0 Å². The maximum Gasteiger partial charge on any atom is 0.391 e. The highest BCUT2D eigenvalue weighted by molar-refractivity contribution is 5.76.